The van der Waals surface area contributed by atoms with Gasteiger partial charge in [0.15, 0.2) is 0 Å². The average molecular weight is 330 g/mol. The van der Waals surface area contributed by atoms with Gasteiger partial charge in [-0.05, 0) is 37.4 Å². The van der Waals surface area contributed by atoms with E-state index in [1.807, 2.05) is 0 Å². The van der Waals surface area contributed by atoms with E-state index >= 15 is 0 Å². The van der Waals surface area contributed by atoms with E-state index in [9.17, 15) is 18.3 Å². The standard InChI is InChI=1S/C16H14N2O4S/c1-17-23(21,22)11-6-7-14-12(9-11)13(16(20)18-14)8-10-4-2-3-5-15(10)19/h2-9,17,19H,1H3,(H,18,20). The molecule has 1 amide bonds. The second-order valence-electron chi connectivity index (χ2n) is 4.99. The SMILES string of the molecule is CNS(=O)(=O)c1ccc2c(c1)C(=Cc1ccccc1O)C(=O)N2. The van der Waals surface area contributed by atoms with Crippen molar-refractivity contribution in [3.8, 4) is 5.75 Å². The zero-order valence-electron chi connectivity index (χ0n) is 12.2. The number of carbonyl (C=O) groups is 1. The minimum atomic E-state index is -3.61. The second kappa shape index (κ2) is 5.53. The normalized spacial score (nSPS) is 15.5. The van der Waals surface area contributed by atoms with Gasteiger partial charge in [-0.1, -0.05) is 18.2 Å². The minimum Gasteiger partial charge on any atom is -0.507 e. The molecule has 0 bridgehead atoms. The molecule has 3 N–H and O–H groups in total. The highest BCUT2D eigenvalue weighted by Crippen LogP contribution is 2.35. The molecule has 0 aliphatic carbocycles. The van der Waals surface area contributed by atoms with E-state index in [0.29, 0.717) is 22.4 Å². The van der Waals surface area contributed by atoms with Crippen molar-refractivity contribution < 1.29 is 18.3 Å². The third-order valence-electron chi connectivity index (χ3n) is 3.59. The zero-order valence-corrected chi connectivity index (χ0v) is 13.0. The lowest BCUT2D eigenvalue weighted by molar-refractivity contribution is -0.110. The number of aromatic hydroxyl groups is 1. The van der Waals surface area contributed by atoms with Crippen LogP contribution in [0.2, 0.25) is 0 Å². The molecular formula is C16H14N2O4S. The fourth-order valence-corrected chi connectivity index (χ4v) is 3.12. The first-order valence-corrected chi connectivity index (χ1v) is 8.30. The lowest BCUT2D eigenvalue weighted by atomic mass is 10.0. The molecule has 118 valence electrons. The molecule has 1 heterocycles. The number of fused-ring (bicyclic) bond motifs is 1. The van der Waals surface area contributed by atoms with Gasteiger partial charge in [-0.3, -0.25) is 4.79 Å². The maximum absolute atomic E-state index is 12.2. The Morgan fingerprint density at radius 2 is 1.91 bits per heavy atom. The van der Waals surface area contributed by atoms with Crippen molar-refractivity contribution in [2.75, 3.05) is 12.4 Å². The largest absolute Gasteiger partial charge is 0.507 e. The molecule has 0 spiro atoms. The van der Waals surface area contributed by atoms with Gasteiger partial charge in [0.25, 0.3) is 5.91 Å². The number of para-hydroxylation sites is 1. The number of sulfonamides is 1. The van der Waals surface area contributed by atoms with Crippen LogP contribution in [0.5, 0.6) is 5.75 Å². The van der Waals surface area contributed by atoms with Gasteiger partial charge >= 0.3 is 0 Å². The molecule has 0 unspecified atom stereocenters. The topological polar surface area (TPSA) is 95.5 Å². The molecule has 2 aromatic carbocycles. The lowest BCUT2D eigenvalue weighted by Gasteiger charge is -2.05. The molecule has 0 fully saturated rings. The summed E-state index contributed by atoms with van der Waals surface area (Å²) in [6.45, 7) is 0. The van der Waals surface area contributed by atoms with Gasteiger partial charge in [0, 0.05) is 22.4 Å². The van der Waals surface area contributed by atoms with Crippen molar-refractivity contribution in [3.05, 3.63) is 53.6 Å². The van der Waals surface area contributed by atoms with Crippen LogP contribution < -0.4 is 10.0 Å². The fourth-order valence-electron chi connectivity index (χ4n) is 2.36. The number of benzene rings is 2. The van der Waals surface area contributed by atoms with Crippen molar-refractivity contribution in [3.63, 3.8) is 0 Å². The number of rotatable bonds is 3. The lowest BCUT2D eigenvalue weighted by Crippen LogP contribution is -2.18. The first-order chi connectivity index (χ1) is 10.9. The maximum Gasteiger partial charge on any atom is 0.256 e. The van der Waals surface area contributed by atoms with Crippen LogP contribution in [0.25, 0.3) is 11.6 Å². The predicted octanol–water partition coefficient (Wildman–Crippen LogP) is 1.79. The van der Waals surface area contributed by atoms with Gasteiger partial charge < -0.3 is 10.4 Å². The second-order valence-corrected chi connectivity index (χ2v) is 6.87. The van der Waals surface area contributed by atoms with Crippen LogP contribution in [-0.2, 0) is 14.8 Å². The Bertz CT molecular complexity index is 933. The number of anilines is 1. The van der Waals surface area contributed by atoms with Crippen LogP contribution in [0.3, 0.4) is 0 Å². The van der Waals surface area contributed by atoms with Crippen molar-refractivity contribution in [2.45, 2.75) is 4.90 Å². The Kier molecular flexibility index (Phi) is 3.67. The van der Waals surface area contributed by atoms with Crippen LogP contribution in [0.1, 0.15) is 11.1 Å². The van der Waals surface area contributed by atoms with Gasteiger partial charge in [-0.2, -0.15) is 0 Å². The summed E-state index contributed by atoms with van der Waals surface area (Å²) in [5.74, 6) is -0.303. The first kappa shape index (κ1) is 15.3. The predicted molar refractivity (Wildman–Crippen MR) is 87.3 cm³/mol. The summed E-state index contributed by atoms with van der Waals surface area (Å²) in [4.78, 5) is 12.2. The number of hydrogen-bond donors (Lipinski definition) is 3. The van der Waals surface area contributed by atoms with Crippen molar-refractivity contribution in [1.82, 2.24) is 4.72 Å². The van der Waals surface area contributed by atoms with E-state index in [0.717, 1.165) is 0 Å². The van der Waals surface area contributed by atoms with Crippen LogP contribution in [0.4, 0.5) is 5.69 Å². The molecule has 3 rings (SSSR count). The number of amides is 1. The van der Waals surface area contributed by atoms with Gasteiger partial charge in [0.2, 0.25) is 10.0 Å². The molecule has 1 aliphatic rings. The maximum atomic E-state index is 12.2. The molecule has 0 atom stereocenters. The monoisotopic (exact) mass is 330 g/mol. The van der Waals surface area contributed by atoms with E-state index in [-0.39, 0.29) is 16.6 Å². The van der Waals surface area contributed by atoms with Gasteiger partial charge in [-0.15, -0.1) is 0 Å². The fraction of sp³-hybridized carbons (Fsp3) is 0.0625. The van der Waals surface area contributed by atoms with Gasteiger partial charge in [-0.25, -0.2) is 13.1 Å². The molecular weight excluding hydrogens is 316 g/mol. The molecule has 0 radical (unpaired) electrons. The van der Waals surface area contributed by atoms with Crippen molar-refractivity contribution in [2.24, 2.45) is 0 Å². The van der Waals surface area contributed by atoms with E-state index in [1.54, 1.807) is 24.3 Å². The van der Waals surface area contributed by atoms with E-state index in [4.69, 9.17) is 0 Å². The Labute approximate surface area is 133 Å². The van der Waals surface area contributed by atoms with E-state index in [1.165, 1.54) is 31.3 Å². The zero-order chi connectivity index (χ0) is 16.6. The van der Waals surface area contributed by atoms with Gasteiger partial charge in [0.05, 0.1) is 4.90 Å². The van der Waals surface area contributed by atoms with Crippen LogP contribution in [0, 0.1) is 0 Å². The van der Waals surface area contributed by atoms with Crippen LogP contribution in [-0.4, -0.2) is 26.5 Å². The highest BCUT2D eigenvalue weighted by molar-refractivity contribution is 7.89. The summed E-state index contributed by atoms with van der Waals surface area (Å²) in [7, 11) is -2.28. The Morgan fingerprint density at radius 3 is 2.61 bits per heavy atom. The number of nitrogens with one attached hydrogen (secondary N) is 2. The third-order valence-corrected chi connectivity index (χ3v) is 5.00. The van der Waals surface area contributed by atoms with E-state index in [2.05, 4.69) is 10.0 Å². The molecule has 23 heavy (non-hydrogen) atoms. The minimum absolute atomic E-state index is 0.0419. The summed E-state index contributed by atoms with van der Waals surface area (Å²) in [6.07, 6.45) is 1.53. The Morgan fingerprint density at radius 1 is 1.17 bits per heavy atom. The highest BCUT2D eigenvalue weighted by Gasteiger charge is 2.26. The molecule has 0 saturated heterocycles. The van der Waals surface area contributed by atoms with Gasteiger partial charge in [0.1, 0.15) is 5.75 Å². The molecule has 2 aromatic rings. The molecule has 6 nitrogen and oxygen atoms in total. The molecule has 0 aromatic heterocycles. The molecule has 7 heteroatoms. The summed E-state index contributed by atoms with van der Waals surface area (Å²) in [6, 6.07) is 11.0. The van der Waals surface area contributed by atoms with Crippen LogP contribution >= 0.6 is 0 Å². The quantitative estimate of drug-likeness (QED) is 0.748. The summed E-state index contributed by atoms with van der Waals surface area (Å²) < 4.78 is 26.1. The van der Waals surface area contributed by atoms with E-state index < -0.39 is 10.0 Å². The van der Waals surface area contributed by atoms with Crippen molar-refractivity contribution >= 4 is 33.3 Å². The first-order valence-electron chi connectivity index (χ1n) is 6.81. The number of phenols is 1. The molecule has 1 aliphatic heterocycles. The summed E-state index contributed by atoms with van der Waals surface area (Å²) in [5, 5.41) is 12.5. The Hall–Kier alpha value is -2.64. The van der Waals surface area contributed by atoms with Crippen molar-refractivity contribution in [1.29, 1.82) is 0 Å². The number of hydrogen-bond acceptors (Lipinski definition) is 4. The number of carbonyl (C=O) groups excluding carboxylic acids is 1. The third kappa shape index (κ3) is 2.71. The average Bonchev–Trinajstić information content (AvgIpc) is 2.84. The number of phenolic OH excluding ortho intramolecular Hbond substituents is 1. The highest BCUT2D eigenvalue weighted by atomic mass is 32.2. The van der Waals surface area contributed by atoms with Crippen LogP contribution in [0.15, 0.2) is 47.4 Å². The Balaban J connectivity index is 2.15. The summed E-state index contributed by atoms with van der Waals surface area (Å²) in [5.41, 5.74) is 1.79. The molecule has 0 saturated carbocycles. The smallest absolute Gasteiger partial charge is 0.256 e. The summed E-state index contributed by atoms with van der Waals surface area (Å²) >= 11 is 0.